The van der Waals surface area contributed by atoms with Gasteiger partial charge in [0.2, 0.25) is 0 Å². The molecule has 82 valence electrons. The molecule has 1 aliphatic heterocycles. The van der Waals surface area contributed by atoms with E-state index in [0.29, 0.717) is 6.61 Å². The van der Waals surface area contributed by atoms with E-state index in [-0.39, 0.29) is 17.4 Å². The van der Waals surface area contributed by atoms with Crippen LogP contribution in [0.4, 0.5) is 0 Å². The van der Waals surface area contributed by atoms with E-state index in [1.165, 1.54) is 0 Å². The maximum atomic E-state index is 10.8. The molecule has 0 radical (unpaired) electrons. The van der Waals surface area contributed by atoms with E-state index in [1.54, 1.807) is 13.8 Å². The molecule has 0 bridgehead atoms. The highest BCUT2D eigenvalue weighted by atomic mass is 35.7. The Hall–Kier alpha value is -0.100. The van der Waals surface area contributed by atoms with Crippen LogP contribution in [0.15, 0.2) is 11.5 Å². The Bertz CT molecular complexity index is 333. The van der Waals surface area contributed by atoms with Gasteiger partial charge >= 0.3 is 0 Å². The second-order valence-electron chi connectivity index (χ2n) is 3.63. The van der Waals surface area contributed by atoms with Gasteiger partial charge in [-0.05, 0) is 13.8 Å². The van der Waals surface area contributed by atoms with Crippen molar-refractivity contribution in [3.8, 4) is 0 Å². The first kappa shape index (κ1) is 12.0. The van der Waals surface area contributed by atoms with Gasteiger partial charge in [0.05, 0.1) is 17.6 Å². The maximum Gasteiger partial charge on any atom is 0.256 e. The third kappa shape index (κ3) is 3.24. The molecule has 1 atom stereocenters. The summed E-state index contributed by atoms with van der Waals surface area (Å²) in [5, 5.41) is 0. The second-order valence-corrected chi connectivity index (χ2v) is 6.30. The van der Waals surface area contributed by atoms with Crippen molar-refractivity contribution >= 4 is 19.7 Å². The van der Waals surface area contributed by atoms with Gasteiger partial charge in [0.1, 0.15) is 0 Å². The van der Waals surface area contributed by atoms with Gasteiger partial charge < -0.3 is 9.47 Å². The van der Waals surface area contributed by atoms with Gasteiger partial charge in [0.25, 0.3) is 9.05 Å². The molecule has 0 amide bonds. The molecule has 0 N–H and O–H groups in total. The van der Waals surface area contributed by atoms with Crippen LogP contribution < -0.4 is 0 Å². The van der Waals surface area contributed by atoms with E-state index >= 15 is 0 Å². The average Bonchev–Trinajstić information content (AvgIpc) is 2.28. The third-order valence-corrected chi connectivity index (χ3v) is 3.38. The zero-order valence-electron chi connectivity index (χ0n) is 8.12. The normalized spacial score (nSPS) is 26.4. The largest absolute Gasteiger partial charge is 0.348 e. The number of hydrogen-bond acceptors (Lipinski definition) is 4. The number of hydrogen-bond donors (Lipinski definition) is 0. The zero-order chi connectivity index (χ0) is 11.0. The first-order valence-corrected chi connectivity index (χ1v) is 6.46. The van der Waals surface area contributed by atoms with Gasteiger partial charge in [0, 0.05) is 17.1 Å². The Labute approximate surface area is 88.3 Å². The van der Waals surface area contributed by atoms with Crippen molar-refractivity contribution in [1.82, 2.24) is 0 Å². The molecule has 1 saturated heterocycles. The van der Waals surface area contributed by atoms with E-state index in [0.717, 1.165) is 0 Å². The molecule has 1 heterocycles. The monoisotopic (exact) mass is 240 g/mol. The van der Waals surface area contributed by atoms with Crippen LogP contribution in [-0.2, 0) is 18.5 Å². The van der Waals surface area contributed by atoms with E-state index < -0.39 is 14.8 Å². The molecule has 1 fully saturated rings. The lowest BCUT2D eigenvalue weighted by atomic mass is 10.3. The Balaban J connectivity index is 2.53. The summed E-state index contributed by atoms with van der Waals surface area (Å²) in [6, 6.07) is 0. The first-order valence-electron chi connectivity index (χ1n) is 4.15. The summed E-state index contributed by atoms with van der Waals surface area (Å²) in [4.78, 5) is -0.0366. The highest BCUT2D eigenvalue weighted by Gasteiger charge is 2.33. The second kappa shape index (κ2) is 3.81. The van der Waals surface area contributed by atoms with Crippen molar-refractivity contribution in [1.29, 1.82) is 0 Å². The minimum atomic E-state index is -3.69. The van der Waals surface area contributed by atoms with E-state index in [1.807, 2.05) is 0 Å². The topological polar surface area (TPSA) is 52.6 Å². The van der Waals surface area contributed by atoms with Crippen LogP contribution in [0, 0.1) is 0 Å². The first-order chi connectivity index (χ1) is 6.21. The van der Waals surface area contributed by atoms with E-state index in [2.05, 4.69) is 6.58 Å². The Morgan fingerprint density at radius 3 is 2.57 bits per heavy atom. The van der Waals surface area contributed by atoms with Gasteiger partial charge in [-0.15, -0.1) is 0 Å². The van der Waals surface area contributed by atoms with Crippen LogP contribution in [0.1, 0.15) is 20.3 Å². The highest BCUT2D eigenvalue weighted by Crippen LogP contribution is 2.27. The van der Waals surface area contributed by atoms with Gasteiger partial charge in [-0.3, -0.25) is 0 Å². The van der Waals surface area contributed by atoms with E-state index in [9.17, 15) is 8.42 Å². The molecule has 1 unspecified atom stereocenters. The maximum absolute atomic E-state index is 10.8. The van der Waals surface area contributed by atoms with Crippen LogP contribution >= 0.6 is 10.7 Å². The number of halogens is 1. The molecule has 1 rings (SSSR count). The lowest BCUT2D eigenvalue weighted by molar-refractivity contribution is -0.137. The quantitative estimate of drug-likeness (QED) is 0.704. The van der Waals surface area contributed by atoms with E-state index in [4.69, 9.17) is 20.2 Å². The Morgan fingerprint density at radius 1 is 1.64 bits per heavy atom. The summed E-state index contributed by atoms with van der Waals surface area (Å²) in [6.45, 7) is 7.28. The van der Waals surface area contributed by atoms with Crippen LogP contribution in [-0.4, -0.2) is 26.9 Å². The van der Waals surface area contributed by atoms with Crippen molar-refractivity contribution in [2.24, 2.45) is 0 Å². The molecule has 0 aromatic carbocycles. The highest BCUT2D eigenvalue weighted by molar-refractivity contribution is 8.16. The summed E-state index contributed by atoms with van der Waals surface area (Å²) in [7, 11) is 1.42. The molecule has 0 saturated carbocycles. The molecule has 4 nitrogen and oxygen atoms in total. The van der Waals surface area contributed by atoms with Crippen LogP contribution in [0.5, 0.6) is 0 Å². The predicted octanol–water partition coefficient (Wildman–Crippen LogP) is 1.61. The number of rotatable bonds is 3. The molecule has 0 spiro atoms. The van der Waals surface area contributed by atoms with Crippen molar-refractivity contribution in [2.75, 3.05) is 6.61 Å². The minimum absolute atomic E-state index is 0.0366. The smallest absolute Gasteiger partial charge is 0.256 e. The number of ether oxygens (including phenoxy) is 2. The zero-order valence-corrected chi connectivity index (χ0v) is 9.69. The lowest BCUT2D eigenvalue weighted by Crippen LogP contribution is -2.21. The van der Waals surface area contributed by atoms with Gasteiger partial charge in [-0.25, -0.2) is 8.42 Å². The van der Waals surface area contributed by atoms with Crippen molar-refractivity contribution in [2.45, 2.75) is 32.2 Å². The Morgan fingerprint density at radius 2 is 2.21 bits per heavy atom. The molecular formula is C8H13ClO4S. The lowest BCUT2D eigenvalue weighted by Gasteiger charge is -2.16. The summed E-state index contributed by atoms with van der Waals surface area (Å²) in [6.07, 6.45) is -0.110. The van der Waals surface area contributed by atoms with Crippen molar-refractivity contribution in [3.63, 3.8) is 0 Å². The van der Waals surface area contributed by atoms with Crippen molar-refractivity contribution in [3.05, 3.63) is 11.5 Å². The minimum Gasteiger partial charge on any atom is -0.348 e. The fraction of sp³-hybridized carbons (Fsp3) is 0.750. The van der Waals surface area contributed by atoms with Crippen LogP contribution in [0.3, 0.4) is 0 Å². The molecule has 1 aliphatic rings. The molecule has 0 aromatic rings. The molecule has 14 heavy (non-hydrogen) atoms. The Kier molecular flexibility index (Phi) is 3.26. The fourth-order valence-corrected chi connectivity index (χ4v) is 1.79. The SMILES string of the molecule is C=C(CC1COC(C)(C)O1)S(=O)(=O)Cl. The molecule has 0 aliphatic carbocycles. The van der Waals surface area contributed by atoms with Gasteiger partial charge in [-0.1, -0.05) is 6.58 Å². The average molecular weight is 241 g/mol. The standard InChI is InChI=1S/C8H13ClO4S/c1-6(14(9,10)11)4-7-5-12-8(2,3)13-7/h7H,1,4-5H2,2-3H3. The summed E-state index contributed by atoms with van der Waals surface area (Å²) in [5.74, 6) is -0.652. The summed E-state index contributed by atoms with van der Waals surface area (Å²) < 4.78 is 32.4. The molecule has 6 heteroatoms. The van der Waals surface area contributed by atoms with Gasteiger partial charge in [-0.2, -0.15) is 0 Å². The summed E-state index contributed by atoms with van der Waals surface area (Å²) in [5.41, 5.74) is 0. The molecular weight excluding hydrogens is 228 g/mol. The summed E-state index contributed by atoms with van der Waals surface area (Å²) >= 11 is 0. The predicted molar refractivity (Wildman–Crippen MR) is 53.4 cm³/mol. The third-order valence-electron chi connectivity index (χ3n) is 1.87. The van der Waals surface area contributed by atoms with Crippen molar-refractivity contribution < 1.29 is 17.9 Å². The fourth-order valence-electron chi connectivity index (χ4n) is 1.22. The van der Waals surface area contributed by atoms with Crippen LogP contribution in [0.25, 0.3) is 0 Å². The van der Waals surface area contributed by atoms with Gasteiger partial charge in [0.15, 0.2) is 5.79 Å². The van der Waals surface area contributed by atoms with Crippen LogP contribution in [0.2, 0.25) is 0 Å². The molecule has 0 aromatic heterocycles.